The van der Waals surface area contributed by atoms with Crippen molar-refractivity contribution in [3.8, 4) is 0 Å². The van der Waals surface area contributed by atoms with Gasteiger partial charge in [0.05, 0.1) is 6.33 Å². The van der Waals surface area contributed by atoms with Crippen molar-refractivity contribution in [1.29, 1.82) is 0 Å². The molecule has 10 heteroatoms. The second-order valence-electron chi connectivity index (χ2n) is 6.94. The molecule has 1 N–H and O–H groups in total. The molecule has 3 aromatic rings. The van der Waals surface area contributed by atoms with Gasteiger partial charge in [-0.2, -0.15) is 0 Å². The lowest BCUT2D eigenvalue weighted by atomic mass is 10.2. The van der Waals surface area contributed by atoms with Gasteiger partial charge in [-0.15, -0.1) is 0 Å². The van der Waals surface area contributed by atoms with Crippen LogP contribution in [0.5, 0.6) is 0 Å². The zero-order chi connectivity index (χ0) is 19.8. The number of hydrogen-bond acceptors (Lipinski definition) is 6. The molecule has 0 aliphatic carbocycles. The second-order valence-corrected chi connectivity index (χ2v) is 6.94. The zero-order valence-electron chi connectivity index (χ0n) is 15.7. The van der Waals surface area contributed by atoms with Crippen LogP contribution in [-0.2, 0) is 25.4 Å². The van der Waals surface area contributed by atoms with Gasteiger partial charge in [0, 0.05) is 39.4 Å². The summed E-state index contributed by atoms with van der Waals surface area (Å²) in [4.78, 5) is 47.6. The molecule has 0 saturated carbocycles. The topological polar surface area (TPSA) is 107 Å². The van der Waals surface area contributed by atoms with E-state index in [2.05, 4.69) is 20.2 Å². The summed E-state index contributed by atoms with van der Waals surface area (Å²) in [6, 6.07) is 5.76. The lowest BCUT2D eigenvalue weighted by Crippen LogP contribution is -2.40. The van der Waals surface area contributed by atoms with E-state index < -0.39 is 11.2 Å². The Morgan fingerprint density at radius 2 is 2.04 bits per heavy atom. The van der Waals surface area contributed by atoms with Crippen molar-refractivity contribution in [3.05, 3.63) is 51.6 Å². The summed E-state index contributed by atoms with van der Waals surface area (Å²) in [7, 11) is 2.96. The summed E-state index contributed by atoms with van der Waals surface area (Å²) in [5, 5.41) is 3.01. The van der Waals surface area contributed by atoms with E-state index in [9.17, 15) is 14.4 Å². The molecule has 1 aliphatic rings. The average molecular weight is 383 g/mol. The highest BCUT2D eigenvalue weighted by Crippen LogP contribution is 2.17. The predicted molar refractivity (Wildman–Crippen MR) is 103 cm³/mol. The number of nitrogens with one attached hydrogen (secondary N) is 1. The van der Waals surface area contributed by atoms with Gasteiger partial charge in [-0.25, -0.2) is 14.8 Å². The fourth-order valence-electron chi connectivity index (χ4n) is 3.57. The number of rotatable bonds is 4. The third-order valence-corrected chi connectivity index (χ3v) is 5.06. The first-order valence-electron chi connectivity index (χ1n) is 9.02. The van der Waals surface area contributed by atoms with E-state index in [0.29, 0.717) is 6.54 Å². The van der Waals surface area contributed by atoms with Gasteiger partial charge < -0.3 is 14.8 Å². The molecule has 1 saturated heterocycles. The number of fused-ring (bicyclic) bond motifs is 1. The lowest BCUT2D eigenvalue weighted by molar-refractivity contribution is -0.122. The maximum Gasteiger partial charge on any atom is 0.332 e. The maximum absolute atomic E-state index is 12.5. The largest absolute Gasteiger partial charge is 0.354 e. The number of nitrogens with zero attached hydrogens (tertiary/aromatic N) is 6. The highest BCUT2D eigenvalue weighted by atomic mass is 16.2. The second kappa shape index (κ2) is 6.95. The Morgan fingerprint density at radius 3 is 2.79 bits per heavy atom. The van der Waals surface area contributed by atoms with Crippen LogP contribution < -0.4 is 21.5 Å². The smallest absolute Gasteiger partial charge is 0.332 e. The number of aromatic nitrogens is 5. The molecular formula is C18H21N7O3. The Kier molecular flexibility index (Phi) is 4.46. The van der Waals surface area contributed by atoms with Crippen molar-refractivity contribution in [3.63, 3.8) is 0 Å². The lowest BCUT2D eigenvalue weighted by Gasteiger charge is -2.17. The molecule has 0 aromatic carbocycles. The van der Waals surface area contributed by atoms with Crippen molar-refractivity contribution < 1.29 is 4.79 Å². The number of amides is 1. The average Bonchev–Trinajstić information content (AvgIpc) is 3.33. The SMILES string of the molecule is Cn1c(=O)c2c(ncn2CC(=O)NC2CCN(c3ccccn3)C2)n(C)c1=O. The molecule has 146 valence electrons. The number of carbonyl (C=O) groups excluding carboxylic acids is 1. The van der Waals surface area contributed by atoms with E-state index in [-0.39, 0.29) is 29.7 Å². The Hall–Kier alpha value is -3.43. The van der Waals surface area contributed by atoms with Crippen LogP contribution in [0.25, 0.3) is 11.2 Å². The minimum atomic E-state index is -0.467. The van der Waals surface area contributed by atoms with Crippen LogP contribution in [0, 0.1) is 0 Å². The van der Waals surface area contributed by atoms with Crippen molar-refractivity contribution in [2.45, 2.75) is 19.0 Å². The molecule has 10 nitrogen and oxygen atoms in total. The van der Waals surface area contributed by atoms with Gasteiger partial charge in [0.15, 0.2) is 11.2 Å². The van der Waals surface area contributed by atoms with Gasteiger partial charge in [-0.1, -0.05) is 6.07 Å². The van der Waals surface area contributed by atoms with Gasteiger partial charge in [-0.05, 0) is 18.6 Å². The summed E-state index contributed by atoms with van der Waals surface area (Å²) in [5.74, 6) is 0.687. The molecule has 0 spiro atoms. The predicted octanol–water partition coefficient (Wildman–Crippen LogP) is -0.776. The van der Waals surface area contributed by atoms with Gasteiger partial charge in [0.25, 0.3) is 5.56 Å². The fraction of sp³-hybridized carbons (Fsp3) is 0.389. The van der Waals surface area contributed by atoms with Crippen LogP contribution in [0.3, 0.4) is 0 Å². The van der Waals surface area contributed by atoms with Crippen LogP contribution in [-0.4, -0.2) is 48.7 Å². The van der Waals surface area contributed by atoms with Crippen molar-refractivity contribution in [2.75, 3.05) is 18.0 Å². The minimum absolute atomic E-state index is 0.0106. The summed E-state index contributed by atoms with van der Waals surface area (Å²) >= 11 is 0. The standard InChI is InChI=1S/C18H21N7O3/c1-22-16-15(17(27)23(2)18(22)28)25(11-20-16)10-14(26)21-12-6-8-24(9-12)13-5-3-4-7-19-13/h3-5,7,11-12H,6,8-10H2,1-2H3,(H,21,26). The van der Waals surface area contributed by atoms with Crippen molar-refractivity contribution >= 4 is 22.9 Å². The fourth-order valence-corrected chi connectivity index (χ4v) is 3.57. The molecule has 1 unspecified atom stereocenters. The van der Waals surface area contributed by atoms with Gasteiger partial charge >= 0.3 is 5.69 Å². The van der Waals surface area contributed by atoms with Crippen LogP contribution in [0.4, 0.5) is 5.82 Å². The molecule has 4 heterocycles. The van der Waals surface area contributed by atoms with Gasteiger partial charge in [0.2, 0.25) is 5.91 Å². The Morgan fingerprint density at radius 1 is 1.21 bits per heavy atom. The molecule has 4 rings (SSSR count). The number of pyridine rings is 1. The Balaban J connectivity index is 1.48. The highest BCUT2D eigenvalue weighted by molar-refractivity contribution is 5.79. The molecule has 28 heavy (non-hydrogen) atoms. The third-order valence-electron chi connectivity index (χ3n) is 5.06. The molecule has 1 atom stereocenters. The van der Waals surface area contributed by atoms with Crippen molar-refractivity contribution in [2.24, 2.45) is 14.1 Å². The van der Waals surface area contributed by atoms with Crippen molar-refractivity contribution in [1.82, 2.24) is 29.0 Å². The summed E-state index contributed by atoms with van der Waals surface area (Å²) in [6.45, 7) is 1.46. The molecule has 1 fully saturated rings. The quantitative estimate of drug-likeness (QED) is 0.634. The first-order valence-corrected chi connectivity index (χ1v) is 9.02. The molecule has 0 radical (unpaired) electrons. The van der Waals surface area contributed by atoms with E-state index in [1.165, 1.54) is 22.5 Å². The number of aryl methyl sites for hydroxylation is 1. The Labute approximate surface area is 160 Å². The van der Waals surface area contributed by atoms with E-state index in [0.717, 1.165) is 23.4 Å². The van der Waals surface area contributed by atoms with Crippen LogP contribution in [0.15, 0.2) is 40.3 Å². The number of anilines is 1. The number of imidazole rings is 1. The number of hydrogen-bond donors (Lipinski definition) is 1. The van der Waals surface area contributed by atoms with Crippen LogP contribution >= 0.6 is 0 Å². The van der Waals surface area contributed by atoms with Crippen LogP contribution in [0.2, 0.25) is 0 Å². The van der Waals surface area contributed by atoms with E-state index in [1.807, 2.05) is 18.2 Å². The van der Waals surface area contributed by atoms with E-state index in [4.69, 9.17) is 0 Å². The summed E-state index contributed by atoms with van der Waals surface area (Å²) in [6.07, 6.45) is 3.99. The first kappa shape index (κ1) is 18.0. The summed E-state index contributed by atoms with van der Waals surface area (Å²) in [5.41, 5.74) is -0.414. The summed E-state index contributed by atoms with van der Waals surface area (Å²) < 4.78 is 3.80. The Bertz CT molecular complexity index is 1150. The number of carbonyl (C=O) groups is 1. The van der Waals surface area contributed by atoms with Gasteiger partial charge in [-0.3, -0.25) is 18.7 Å². The molecule has 1 amide bonds. The highest BCUT2D eigenvalue weighted by Gasteiger charge is 2.25. The molecule has 0 bridgehead atoms. The molecule has 3 aromatic heterocycles. The van der Waals surface area contributed by atoms with Gasteiger partial charge in [0.1, 0.15) is 12.4 Å². The van der Waals surface area contributed by atoms with Crippen LogP contribution in [0.1, 0.15) is 6.42 Å². The third kappa shape index (κ3) is 3.06. The van der Waals surface area contributed by atoms with E-state index >= 15 is 0 Å². The molecular weight excluding hydrogens is 362 g/mol. The molecule has 1 aliphatic heterocycles. The monoisotopic (exact) mass is 383 g/mol. The normalized spacial score (nSPS) is 16.6. The maximum atomic E-state index is 12.5. The first-order chi connectivity index (χ1) is 13.5. The zero-order valence-corrected chi connectivity index (χ0v) is 15.7. The van der Waals surface area contributed by atoms with E-state index in [1.54, 1.807) is 13.2 Å². The minimum Gasteiger partial charge on any atom is -0.354 e.